The summed E-state index contributed by atoms with van der Waals surface area (Å²) >= 11 is 0. The van der Waals surface area contributed by atoms with E-state index in [9.17, 15) is 4.79 Å². The van der Waals surface area contributed by atoms with Crippen molar-refractivity contribution >= 4 is 5.91 Å². The maximum absolute atomic E-state index is 13.8. The molecule has 6 heteroatoms. The highest BCUT2D eigenvalue weighted by Crippen LogP contribution is 2.40. The third-order valence-electron chi connectivity index (χ3n) is 6.54. The zero-order valence-corrected chi connectivity index (χ0v) is 21.2. The van der Waals surface area contributed by atoms with Gasteiger partial charge in [-0.3, -0.25) is 4.79 Å². The number of benzene rings is 2. The third kappa shape index (κ3) is 6.00. The number of imidazole rings is 1. The summed E-state index contributed by atoms with van der Waals surface area (Å²) in [5.74, 6) is 0.940. The second kappa shape index (κ2) is 11.2. The number of nitrogens with zero attached hydrogens (tertiary/aromatic N) is 3. The van der Waals surface area contributed by atoms with Crippen molar-refractivity contribution in [3.05, 3.63) is 78.2 Å². The monoisotopic (exact) mass is 474 g/mol. The average molecular weight is 475 g/mol. The minimum atomic E-state index is -0.385. The van der Waals surface area contributed by atoms with Gasteiger partial charge in [0, 0.05) is 31.5 Å². The van der Waals surface area contributed by atoms with Gasteiger partial charge in [0.2, 0.25) is 0 Å². The van der Waals surface area contributed by atoms with Gasteiger partial charge in [0.25, 0.3) is 5.91 Å². The van der Waals surface area contributed by atoms with Gasteiger partial charge in [-0.1, -0.05) is 81.4 Å². The first-order chi connectivity index (χ1) is 16.9. The largest absolute Gasteiger partial charge is 0.368 e. The molecule has 2 aromatic carbocycles. The van der Waals surface area contributed by atoms with E-state index in [1.54, 1.807) is 0 Å². The Hall–Kier alpha value is -2.96. The smallest absolute Gasteiger partial charge is 0.252 e. The number of amides is 1. The van der Waals surface area contributed by atoms with Crippen molar-refractivity contribution in [2.45, 2.75) is 58.7 Å². The zero-order chi connectivity index (χ0) is 24.8. The molecule has 186 valence electrons. The van der Waals surface area contributed by atoms with Crippen molar-refractivity contribution in [2.75, 3.05) is 19.7 Å². The highest BCUT2D eigenvalue weighted by atomic mass is 16.5. The van der Waals surface area contributed by atoms with Gasteiger partial charge in [-0.05, 0) is 36.8 Å². The highest BCUT2D eigenvalue weighted by Gasteiger charge is 2.41. The summed E-state index contributed by atoms with van der Waals surface area (Å²) in [4.78, 5) is 20.9. The van der Waals surface area contributed by atoms with Gasteiger partial charge < -0.3 is 19.9 Å². The van der Waals surface area contributed by atoms with Gasteiger partial charge in [-0.15, -0.1) is 0 Å². The average Bonchev–Trinajstić information content (AvgIpc) is 3.53. The van der Waals surface area contributed by atoms with Crippen molar-refractivity contribution in [1.29, 1.82) is 0 Å². The summed E-state index contributed by atoms with van der Waals surface area (Å²) < 4.78 is 8.04. The van der Waals surface area contributed by atoms with Gasteiger partial charge in [0.15, 0.2) is 0 Å². The maximum atomic E-state index is 13.8. The summed E-state index contributed by atoms with van der Waals surface area (Å²) in [6.45, 7) is 8.97. The van der Waals surface area contributed by atoms with E-state index in [2.05, 4.69) is 67.9 Å². The molecule has 3 aromatic rings. The van der Waals surface area contributed by atoms with Crippen molar-refractivity contribution in [3.63, 3.8) is 0 Å². The predicted molar refractivity (Wildman–Crippen MR) is 140 cm³/mol. The van der Waals surface area contributed by atoms with Gasteiger partial charge in [0.1, 0.15) is 11.9 Å². The third-order valence-corrected chi connectivity index (χ3v) is 6.54. The molecule has 2 atom stereocenters. The molecule has 1 aromatic heterocycles. The van der Waals surface area contributed by atoms with Crippen LogP contribution in [0.5, 0.6) is 0 Å². The fraction of sp³-hybridized carbons (Fsp3) is 0.448. The van der Waals surface area contributed by atoms with E-state index in [0.29, 0.717) is 26.2 Å². The lowest BCUT2D eigenvalue weighted by molar-refractivity contribution is -0.146. The molecule has 1 amide bonds. The van der Waals surface area contributed by atoms with Crippen molar-refractivity contribution < 1.29 is 9.53 Å². The highest BCUT2D eigenvalue weighted by molar-refractivity contribution is 5.81. The number of hydrogen-bond donors (Lipinski definition) is 1. The SMILES string of the molecule is CC(C)(C)[C@H](c1nc(-c2ccccc2)cn1Cc1ccccc1)N(CCCN)C(=O)C1CCCO1. The topological polar surface area (TPSA) is 73.4 Å². The Bertz CT molecular complexity index is 1080. The van der Waals surface area contributed by atoms with Crippen LogP contribution in [0.2, 0.25) is 0 Å². The normalized spacial score (nSPS) is 16.9. The molecule has 6 nitrogen and oxygen atoms in total. The number of carbonyl (C=O) groups excluding carboxylic acids is 1. The molecule has 2 N–H and O–H groups in total. The molecule has 0 aliphatic carbocycles. The van der Waals surface area contributed by atoms with Crippen LogP contribution < -0.4 is 5.73 Å². The Morgan fingerprint density at radius 1 is 1.14 bits per heavy atom. The molecule has 35 heavy (non-hydrogen) atoms. The molecule has 1 saturated heterocycles. The number of carbonyl (C=O) groups is 1. The molecule has 1 fully saturated rings. The molecule has 1 aliphatic heterocycles. The molecule has 2 heterocycles. The second-order valence-corrected chi connectivity index (χ2v) is 10.4. The van der Waals surface area contributed by atoms with E-state index in [1.165, 1.54) is 5.56 Å². The van der Waals surface area contributed by atoms with E-state index >= 15 is 0 Å². The van der Waals surface area contributed by atoms with Crippen LogP contribution in [0.25, 0.3) is 11.3 Å². The molecular formula is C29H38N4O2. The Morgan fingerprint density at radius 3 is 2.43 bits per heavy atom. The fourth-order valence-electron chi connectivity index (χ4n) is 4.88. The van der Waals surface area contributed by atoms with E-state index in [-0.39, 0.29) is 23.5 Å². The van der Waals surface area contributed by atoms with Gasteiger partial charge in [0.05, 0.1) is 11.7 Å². The first-order valence-corrected chi connectivity index (χ1v) is 12.7. The summed E-state index contributed by atoms with van der Waals surface area (Å²) in [6.07, 6.45) is 4.15. The van der Waals surface area contributed by atoms with Gasteiger partial charge in [-0.2, -0.15) is 0 Å². The maximum Gasteiger partial charge on any atom is 0.252 e. The molecule has 0 spiro atoms. The minimum absolute atomic E-state index is 0.0476. The number of aromatic nitrogens is 2. The Morgan fingerprint density at radius 2 is 1.83 bits per heavy atom. The van der Waals surface area contributed by atoms with Crippen LogP contribution in [0, 0.1) is 5.41 Å². The molecule has 4 rings (SSSR count). The summed E-state index contributed by atoms with van der Waals surface area (Å²) in [6, 6.07) is 20.4. The van der Waals surface area contributed by atoms with Crippen LogP contribution in [0.4, 0.5) is 0 Å². The first kappa shape index (κ1) is 25.1. The Kier molecular flexibility index (Phi) is 8.04. The van der Waals surface area contributed by atoms with E-state index in [4.69, 9.17) is 15.5 Å². The first-order valence-electron chi connectivity index (χ1n) is 12.7. The van der Waals surface area contributed by atoms with Crippen LogP contribution in [0.1, 0.15) is 57.5 Å². The summed E-state index contributed by atoms with van der Waals surface area (Å²) in [5.41, 5.74) is 8.81. The number of nitrogens with two attached hydrogens (primary N) is 1. The molecule has 0 radical (unpaired) electrons. The Labute approximate surface area is 209 Å². The molecule has 0 bridgehead atoms. The van der Waals surface area contributed by atoms with Crippen LogP contribution >= 0.6 is 0 Å². The van der Waals surface area contributed by atoms with Gasteiger partial charge in [-0.25, -0.2) is 4.98 Å². The lowest BCUT2D eigenvalue weighted by atomic mass is 9.84. The van der Waals surface area contributed by atoms with E-state index < -0.39 is 0 Å². The van der Waals surface area contributed by atoms with Gasteiger partial charge >= 0.3 is 0 Å². The summed E-state index contributed by atoms with van der Waals surface area (Å²) in [5, 5.41) is 0. The zero-order valence-electron chi connectivity index (χ0n) is 21.2. The van der Waals surface area contributed by atoms with Crippen molar-refractivity contribution in [2.24, 2.45) is 11.1 Å². The predicted octanol–water partition coefficient (Wildman–Crippen LogP) is 5.04. The van der Waals surface area contributed by atoms with Crippen molar-refractivity contribution in [3.8, 4) is 11.3 Å². The molecular weight excluding hydrogens is 436 g/mol. The lowest BCUT2D eigenvalue weighted by Crippen LogP contribution is -2.47. The Balaban J connectivity index is 1.81. The molecule has 0 saturated carbocycles. The van der Waals surface area contributed by atoms with Crippen LogP contribution in [0.3, 0.4) is 0 Å². The molecule has 1 aliphatic rings. The minimum Gasteiger partial charge on any atom is -0.368 e. The fourth-order valence-corrected chi connectivity index (χ4v) is 4.88. The van der Waals surface area contributed by atoms with E-state index in [1.807, 2.05) is 29.2 Å². The van der Waals surface area contributed by atoms with Crippen LogP contribution in [-0.2, 0) is 16.1 Å². The standard InChI is InChI=1S/C29H38N4O2/c1-29(2,3)26(33(18-11-17-30)28(34)25-16-10-19-35-25)27-31-24(23-14-8-5-9-15-23)21-32(27)20-22-12-6-4-7-13-22/h4-9,12-15,21,25-26H,10-11,16-20,30H2,1-3H3/t25?,26-/m0/s1. The quantitative estimate of drug-likeness (QED) is 0.471. The summed E-state index contributed by atoms with van der Waals surface area (Å²) in [7, 11) is 0. The number of ether oxygens (including phenoxy) is 1. The van der Waals surface area contributed by atoms with E-state index in [0.717, 1.165) is 36.3 Å². The van der Waals surface area contributed by atoms with Crippen molar-refractivity contribution in [1.82, 2.24) is 14.5 Å². The number of rotatable bonds is 9. The molecule has 1 unspecified atom stereocenters. The lowest BCUT2D eigenvalue weighted by Gasteiger charge is -2.41. The number of hydrogen-bond acceptors (Lipinski definition) is 4. The van der Waals surface area contributed by atoms with Crippen LogP contribution in [0.15, 0.2) is 66.9 Å². The van der Waals surface area contributed by atoms with Crippen LogP contribution in [-0.4, -0.2) is 46.2 Å². The second-order valence-electron chi connectivity index (χ2n) is 10.4.